The first-order valence-electron chi connectivity index (χ1n) is 19.4. The largest absolute Gasteiger partial charge is 0.444 e. The maximum Gasteiger partial charge on any atom is 0.407 e. The molecule has 0 aromatic rings. The maximum absolute atomic E-state index is 16.9. The Labute approximate surface area is 297 Å². The van der Waals surface area contributed by atoms with E-state index in [1.807, 2.05) is 20.8 Å². The predicted octanol–water partition coefficient (Wildman–Crippen LogP) is 1.88. The van der Waals surface area contributed by atoms with Crippen LogP contribution in [0.2, 0.25) is 0 Å². The minimum absolute atomic E-state index is 0.00963. The van der Waals surface area contributed by atoms with Crippen LogP contribution in [0.4, 0.5) is 9.18 Å². The molecule has 3 aliphatic carbocycles. The van der Waals surface area contributed by atoms with Crippen molar-refractivity contribution in [3.8, 4) is 0 Å². The second-order valence-electron chi connectivity index (χ2n) is 17.2. The van der Waals surface area contributed by atoms with Crippen molar-refractivity contribution < 1.29 is 28.2 Å². The summed E-state index contributed by atoms with van der Waals surface area (Å²) >= 11 is 0. The number of alkyl carbamates (subject to hydrolysis) is 1. The van der Waals surface area contributed by atoms with Gasteiger partial charge < -0.3 is 40.5 Å². The number of nitrogens with zero attached hydrogens (tertiary/aromatic N) is 4. The van der Waals surface area contributed by atoms with Crippen LogP contribution >= 0.6 is 0 Å². The minimum atomic E-state index is -1.54. The molecule has 0 radical (unpaired) electrons. The summed E-state index contributed by atoms with van der Waals surface area (Å²) in [5, 5.41) is 5.99. The van der Waals surface area contributed by atoms with Gasteiger partial charge in [0.2, 0.25) is 0 Å². The molecule has 0 spiro atoms. The van der Waals surface area contributed by atoms with Crippen LogP contribution in [0.25, 0.3) is 0 Å². The van der Waals surface area contributed by atoms with Gasteiger partial charge in [-0.2, -0.15) is 0 Å². The molecule has 11 atom stereocenters. The number of morpholine rings is 1. The lowest BCUT2D eigenvalue weighted by Crippen LogP contribution is -2.78. The summed E-state index contributed by atoms with van der Waals surface area (Å²) in [6, 6.07) is -2.40. The highest BCUT2D eigenvalue weighted by Gasteiger charge is 2.63. The average Bonchev–Trinajstić information content (AvgIpc) is 3.52. The Morgan fingerprint density at radius 3 is 2.48 bits per heavy atom. The first-order chi connectivity index (χ1) is 23.9. The van der Waals surface area contributed by atoms with Crippen LogP contribution in [0.3, 0.4) is 0 Å². The molecule has 4 heterocycles. The Hall–Kier alpha value is -2.32. The molecule has 3 saturated heterocycles. The molecular weight excluding hydrogens is 641 g/mol. The van der Waals surface area contributed by atoms with Crippen LogP contribution in [-0.2, 0) is 19.1 Å². The summed E-state index contributed by atoms with van der Waals surface area (Å²) in [6.07, 6.45) is 7.21. The topological polar surface area (TPSA) is 133 Å². The summed E-state index contributed by atoms with van der Waals surface area (Å²) < 4.78 is 29.4. The van der Waals surface area contributed by atoms with E-state index in [0.29, 0.717) is 37.9 Å². The third-order valence-corrected chi connectivity index (χ3v) is 12.8. The van der Waals surface area contributed by atoms with Crippen molar-refractivity contribution in [1.29, 1.82) is 0 Å². The molecule has 3 saturated carbocycles. The fourth-order valence-electron chi connectivity index (χ4n) is 10.3. The quantitative estimate of drug-likeness (QED) is 0.267. The predicted molar refractivity (Wildman–Crippen MR) is 187 cm³/mol. The molecule has 2 amide bonds. The molecule has 0 aromatic heterocycles. The van der Waals surface area contributed by atoms with Crippen molar-refractivity contribution in [3.05, 3.63) is 11.8 Å². The zero-order chi connectivity index (χ0) is 35.3. The molecule has 4 N–H and O–H groups in total. The van der Waals surface area contributed by atoms with Gasteiger partial charge in [0.25, 0.3) is 5.91 Å². The highest BCUT2D eigenvalue weighted by molar-refractivity contribution is 6.20. The minimum Gasteiger partial charge on any atom is -0.444 e. The first kappa shape index (κ1) is 36.1. The lowest BCUT2D eigenvalue weighted by atomic mass is 9.64. The van der Waals surface area contributed by atoms with Gasteiger partial charge in [-0.1, -0.05) is 25.7 Å². The number of ketones is 1. The molecule has 13 heteroatoms. The standard InChI is InChI=1S/C37H60FN7O5/c1-37(2,3)50-36(48)41-24-10-13-44(20-24)32-29(38)30(39)28-31-34(32)49-27-19-23-9-6-5-8-22(23)18-26(27)45(31)21-25(33(28)46)35(47)40-11-7-12-43-16-14-42(4)15-17-43/h21-24,26-32,34H,5-20,39H2,1-4H3,(H,40,47)(H,41,48). The zero-order valence-corrected chi connectivity index (χ0v) is 30.5. The molecule has 0 aromatic carbocycles. The number of amides is 2. The Morgan fingerprint density at radius 1 is 1.04 bits per heavy atom. The number of alkyl halides is 1. The van der Waals surface area contributed by atoms with E-state index in [-0.39, 0.29) is 29.5 Å². The van der Waals surface area contributed by atoms with E-state index in [9.17, 15) is 14.4 Å². The van der Waals surface area contributed by atoms with Crippen LogP contribution in [0.15, 0.2) is 11.8 Å². The van der Waals surface area contributed by atoms with Crippen LogP contribution < -0.4 is 16.4 Å². The van der Waals surface area contributed by atoms with Crippen molar-refractivity contribution in [2.75, 3.05) is 59.4 Å². The Kier molecular flexibility index (Phi) is 10.5. The molecule has 0 bridgehead atoms. The zero-order valence-electron chi connectivity index (χ0n) is 30.5. The van der Waals surface area contributed by atoms with Gasteiger partial charge >= 0.3 is 6.09 Å². The summed E-state index contributed by atoms with van der Waals surface area (Å²) in [6.45, 7) is 12.0. The van der Waals surface area contributed by atoms with Gasteiger partial charge in [0.1, 0.15) is 11.8 Å². The van der Waals surface area contributed by atoms with Crippen LogP contribution in [0.1, 0.15) is 72.1 Å². The fourth-order valence-corrected chi connectivity index (χ4v) is 10.3. The summed E-state index contributed by atoms with van der Waals surface area (Å²) in [5.74, 6) is -0.485. The molecule has 7 rings (SSSR count). The molecule has 280 valence electrons. The molecular formula is C37H60FN7O5. The van der Waals surface area contributed by atoms with Crippen LogP contribution in [0.5, 0.6) is 0 Å². The van der Waals surface area contributed by atoms with Crippen molar-refractivity contribution in [2.45, 2.75) is 126 Å². The Bertz CT molecular complexity index is 1300. The molecule has 4 aliphatic heterocycles. The fraction of sp³-hybridized carbons (Fsp3) is 0.865. The van der Waals surface area contributed by atoms with E-state index < -0.39 is 53.9 Å². The van der Waals surface area contributed by atoms with Crippen LogP contribution in [-0.4, -0.2) is 151 Å². The van der Waals surface area contributed by atoms with Gasteiger partial charge in [-0.3, -0.25) is 14.5 Å². The van der Waals surface area contributed by atoms with Crippen molar-refractivity contribution in [1.82, 2.24) is 30.2 Å². The molecule has 7 aliphatic rings. The third kappa shape index (κ3) is 7.31. The number of Topliss-reactive ketones (excluding diaryl/α,β-unsaturated/α-hetero) is 1. The normalized spacial score (nSPS) is 39.6. The van der Waals surface area contributed by atoms with Gasteiger partial charge in [-0.05, 0) is 71.9 Å². The number of hydrogen-bond acceptors (Lipinski definition) is 10. The SMILES string of the molecule is CN1CCN(CCCNC(=O)C2=CN3C4CC5CCCCC5CC4OC4C(N5CCC(NC(=O)OC(C)(C)C)C5)C(F)C(N)C(C2=O)C43)CC1. The maximum atomic E-state index is 16.9. The van der Waals surface area contributed by atoms with Gasteiger partial charge in [-0.15, -0.1) is 0 Å². The number of ether oxygens (including phenoxy) is 2. The summed E-state index contributed by atoms with van der Waals surface area (Å²) in [7, 11) is 2.13. The van der Waals surface area contributed by atoms with E-state index in [1.54, 1.807) is 6.20 Å². The number of piperazine rings is 1. The van der Waals surface area contributed by atoms with Crippen LogP contribution in [0, 0.1) is 17.8 Å². The summed E-state index contributed by atoms with van der Waals surface area (Å²) in [5.41, 5.74) is 6.24. The number of likely N-dealkylation sites (tertiary alicyclic amines) is 1. The van der Waals surface area contributed by atoms with E-state index >= 15 is 4.39 Å². The van der Waals surface area contributed by atoms with Crippen molar-refractivity contribution in [3.63, 3.8) is 0 Å². The second kappa shape index (κ2) is 14.6. The number of halogens is 1. The molecule has 6 fully saturated rings. The number of fused-ring (bicyclic) bond motifs is 3. The smallest absolute Gasteiger partial charge is 0.407 e. The lowest BCUT2D eigenvalue weighted by molar-refractivity contribution is -0.222. The van der Waals surface area contributed by atoms with E-state index in [1.165, 1.54) is 25.7 Å². The third-order valence-electron chi connectivity index (χ3n) is 12.8. The highest BCUT2D eigenvalue weighted by Crippen LogP contribution is 2.50. The van der Waals surface area contributed by atoms with Gasteiger partial charge in [0, 0.05) is 64.1 Å². The van der Waals surface area contributed by atoms with E-state index in [4.69, 9.17) is 15.2 Å². The Balaban J connectivity index is 1.11. The van der Waals surface area contributed by atoms with Gasteiger partial charge in [-0.25, -0.2) is 9.18 Å². The van der Waals surface area contributed by atoms with Crippen molar-refractivity contribution in [2.24, 2.45) is 23.5 Å². The number of carbonyl (C=O) groups is 3. The number of rotatable bonds is 7. The molecule has 50 heavy (non-hydrogen) atoms. The lowest BCUT2D eigenvalue weighted by Gasteiger charge is -2.62. The number of hydrogen-bond donors (Lipinski definition) is 3. The highest BCUT2D eigenvalue weighted by atomic mass is 19.1. The van der Waals surface area contributed by atoms with Gasteiger partial charge in [0.05, 0.1) is 41.8 Å². The number of carbonyl (C=O) groups excluding carboxylic acids is 3. The number of likely N-dealkylation sites (N-methyl/N-ethyl adjacent to an activating group) is 1. The first-order valence-corrected chi connectivity index (χ1v) is 19.4. The number of nitrogens with one attached hydrogen (secondary N) is 2. The van der Waals surface area contributed by atoms with E-state index in [2.05, 4.69) is 37.3 Å². The monoisotopic (exact) mass is 701 g/mol. The van der Waals surface area contributed by atoms with Crippen molar-refractivity contribution >= 4 is 17.8 Å². The number of nitrogens with two attached hydrogens (primary N) is 1. The average molecular weight is 702 g/mol. The van der Waals surface area contributed by atoms with E-state index in [0.717, 1.165) is 52.0 Å². The Morgan fingerprint density at radius 2 is 1.76 bits per heavy atom. The molecule has 11 unspecified atom stereocenters. The summed E-state index contributed by atoms with van der Waals surface area (Å²) in [4.78, 5) is 49.6. The van der Waals surface area contributed by atoms with Gasteiger partial charge in [0.15, 0.2) is 5.78 Å². The second-order valence-corrected chi connectivity index (χ2v) is 17.2. The molecule has 12 nitrogen and oxygen atoms in total.